The molecule has 0 bridgehead atoms. The molecule has 90 valence electrons. The summed E-state index contributed by atoms with van der Waals surface area (Å²) in [5.74, 6) is 7.00. The Bertz CT molecular complexity index is 478. The van der Waals surface area contributed by atoms with Crippen LogP contribution in [0.5, 0.6) is 0 Å². The van der Waals surface area contributed by atoms with E-state index in [0.29, 0.717) is 5.82 Å². The predicted molar refractivity (Wildman–Crippen MR) is 67.4 cm³/mol. The van der Waals surface area contributed by atoms with E-state index < -0.39 is 0 Å². The third kappa shape index (κ3) is 2.94. The van der Waals surface area contributed by atoms with Crippen LogP contribution in [0.1, 0.15) is 5.82 Å². The second kappa shape index (κ2) is 5.31. The number of nitrogens with zero attached hydrogens (tertiary/aromatic N) is 3. The lowest BCUT2D eigenvalue weighted by molar-refractivity contribution is 0.789. The summed E-state index contributed by atoms with van der Waals surface area (Å²) in [4.78, 5) is 8.30. The minimum Gasteiger partial charge on any atom is -0.384 e. The topological polar surface area (TPSA) is 80.8 Å². The summed E-state index contributed by atoms with van der Waals surface area (Å²) in [5, 5.41) is 3.30. The van der Waals surface area contributed by atoms with E-state index in [0.717, 1.165) is 24.5 Å². The van der Waals surface area contributed by atoms with Crippen LogP contribution in [0.15, 0.2) is 30.7 Å². The molecule has 0 aromatic carbocycles. The monoisotopic (exact) mass is 232 g/mol. The summed E-state index contributed by atoms with van der Waals surface area (Å²) in [6.45, 7) is 0.818. The van der Waals surface area contributed by atoms with Gasteiger partial charge in [0.25, 0.3) is 0 Å². The van der Waals surface area contributed by atoms with Crippen LogP contribution in [-0.2, 0) is 13.5 Å². The molecule has 2 heterocycles. The molecule has 0 aliphatic rings. The molecule has 0 fully saturated rings. The zero-order chi connectivity index (χ0) is 12.1. The van der Waals surface area contributed by atoms with E-state index in [-0.39, 0.29) is 0 Å². The van der Waals surface area contributed by atoms with E-state index in [9.17, 15) is 0 Å². The molecule has 0 amide bonds. The molecule has 6 nitrogen and oxygen atoms in total. The first-order valence-electron chi connectivity index (χ1n) is 5.42. The third-order valence-electron chi connectivity index (χ3n) is 2.51. The number of hydrogen-bond acceptors (Lipinski definition) is 5. The first-order chi connectivity index (χ1) is 8.29. The van der Waals surface area contributed by atoms with E-state index >= 15 is 0 Å². The molecular formula is C11H16N6. The number of pyridine rings is 1. The molecule has 17 heavy (non-hydrogen) atoms. The van der Waals surface area contributed by atoms with Crippen molar-refractivity contribution in [2.45, 2.75) is 6.42 Å². The maximum atomic E-state index is 5.29. The molecule has 2 rings (SSSR count). The van der Waals surface area contributed by atoms with Crippen molar-refractivity contribution in [2.75, 3.05) is 17.3 Å². The van der Waals surface area contributed by atoms with Gasteiger partial charge >= 0.3 is 0 Å². The second-order valence-corrected chi connectivity index (χ2v) is 3.71. The van der Waals surface area contributed by atoms with Gasteiger partial charge in [-0.2, -0.15) is 0 Å². The number of nitrogens with one attached hydrogen (secondary N) is 2. The van der Waals surface area contributed by atoms with Crippen molar-refractivity contribution in [1.82, 2.24) is 14.5 Å². The lowest BCUT2D eigenvalue weighted by Crippen LogP contribution is -2.11. The molecule has 0 aliphatic heterocycles. The van der Waals surface area contributed by atoms with E-state index in [1.807, 2.05) is 29.9 Å². The standard InChI is InChI=1S/C11H16N6/c1-17-7-6-15-11(17)3-5-13-9-2-4-14-10(8-9)16-12/h2,4,6-8H,3,5,12H2,1H3,(H2,13,14,16). The summed E-state index contributed by atoms with van der Waals surface area (Å²) in [5.41, 5.74) is 3.50. The Morgan fingerprint density at radius 1 is 1.35 bits per heavy atom. The van der Waals surface area contributed by atoms with Crippen LogP contribution >= 0.6 is 0 Å². The molecule has 0 saturated heterocycles. The molecule has 6 heteroatoms. The van der Waals surface area contributed by atoms with Gasteiger partial charge in [0.2, 0.25) is 0 Å². The molecule has 0 atom stereocenters. The van der Waals surface area contributed by atoms with Crippen LogP contribution in [0, 0.1) is 0 Å². The van der Waals surface area contributed by atoms with Crippen molar-refractivity contribution < 1.29 is 0 Å². The van der Waals surface area contributed by atoms with Gasteiger partial charge in [0.1, 0.15) is 11.6 Å². The molecule has 0 radical (unpaired) electrons. The highest BCUT2D eigenvalue weighted by Gasteiger charge is 1.99. The fourth-order valence-electron chi connectivity index (χ4n) is 1.58. The average molecular weight is 232 g/mol. The van der Waals surface area contributed by atoms with Gasteiger partial charge in [-0.3, -0.25) is 0 Å². The van der Waals surface area contributed by atoms with Crippen molar-refractivity contribution >= 4 is 11.5 Å². The summed E-state index contributed by atoms with van der Waals surface area (Å²) in [6, 6.07) is 3.76. The van der Waals surface area contributed by atoms with Gasteiger partial charge in [-0.05, 0) is 6.07 Å². The van der Waals surface area contributed by atoms with E-state index in [1.165, 1.54) is 0 Å². The van der Waals surface area contributed by atoms with Crippen molar-refractivity contribution in [3.8, 4) is 0 Å². The number of aryl methyl sites for hydroxylation is 1. The number of imidazole rings is 1. The number of nitrogen functional groups attached to an aromatic ring is 1. The van der Waals surface area contributed by atoms with Gasteiger partial charge in [0.15, 0.2) is 0 Å². The Labute approximate surface area is 99.9 Å². The van der Waals surface area contributed by atoms with Gasteiger partial charge < -0.3 is 15.3 Å². The van der Waals surface area contributed by atoms with E-state index in [4.69, 9.17) is 5.84 Å². The smallest absolute Gasteiger partial charge is 0.141 e. The minimum atomic E-state index is 0.645. The molecule has 4 N–H and O–H groups in total. The number of rotatable bonds is 5. The van der Waals surface area contributed by atoms with Gasteiger partial charge in [0.05, 0.1) is 0 Å². The molecule has 0 aliphatic carbocycles. The van der Waals surface area contributed by atoms with Crippen molar-refractivity contribution in [2.24, 2.45) is 12.9 Å². The SMILES string of the molecule is Cn1ccnc1CCNc1ccnc(NN)c1. The van der Waals surface area contributed by atoms with Crippen LogP contribution in [-0.4, -0.2) is 21.1 Å². The van der Waals surface area contributed by atoms with Gasteiger partial charge in [-0.15, -0.1) is 0 Å². The zero-order valence-electron chi connectivity index (χ0n) is 9.72. The van der Waals surface area contributed by atoms with Gasteiger partial charge in [-0.25, -0.2) is 15.8 Å². The predicted octanol–water partition coefficient (Wildman–Crippen LogP) is 0.755. The largest absolute Gasteiger partial charge is 0.384 e. The van der Waals surface area contributed by atoms with Crippen LogP contribution in [0.4, 0.5) is 11.5 Å². The lowest BCUT2D eigenvalue weighted by Gasteiger charge is -2.07. The average Bonchev–Trinajstić information content (AvgIpc) is 2.76. The van der Waals surface area contributed by atoms with E-state index in [1.54, 1.807) is 12.4 Å². The Morgan fingerprint density at radius 3 is 2.94 bits per heavy atom. The van der Waals surface area contributed by atoms with E-state index in [2.05, 4.69) is 20.7 Å². The number of hydrogen-bond donors (Lipinski definition) is 3. The number of nitrogens with two attached hydrogens (primary N) is 1. The summed E-state index contributed by atoms with van der Waals surface area (Å²) >= 11 is 0. The first-order valence-corrected chi connectivity index (χ1v) is 5.42. The fourth-order valence-corrected chi connectivity index (χ4v) is 1.58. The lowest BCUT2D eigenvalue weighted by atomic mass is 10.3. The van der Waals surface area contributed by atoms with Crippen LogP contribution in [0.2, 0.25) is 0 Å². The van der Waals surface area contributed by atoms with Crippen molar-refractivity contribution in [3.05, 3.63) is 36.5 Å². The maximum absolute atomic E-state index is 5.29. The third-order valence-corrected chi connectivity index (χ3v) is 2.51. The maximum Gasteiger partial charge on any atom is 0.141 e. The van der Waals surface area contributed by atoms with Crippen molar-refractivity contribution in [1.29, 1.82) is 0 Å². The highest BCUT2D eigenvalue weighted by atomic mass is 15.2. The molecule has 0 spiro atoms. The van der Waals surface area contributed by atoms with Crippen LogP contribution in [0.25, 0.3) is 0 Å². The Morgan fingerprint density at radius 2 is 2.24 bits per heavy atom. The van der Waals surface area contributed by atoms with Crippen LogP contribution in [0.3, 0.4) is 0 Å². The quantitative estimate of drug-likeness (QED) is 0.523. The van der Waals surface area contributed by atoms with Crippen LogP contribution < -0.4 is 16.6 Å². The summed E-state index contributed by atoms with van der Waals surface area (Å²) in [7, 11) is 1.99. The second-order valence-electron chi connectivity index (χ2n) is 3.71. The fraction of sp³-hybridized carbons (Fsp3) is 0.273. The molecular weight excluding hydrogens is 216 g/mol. The Balaban J connectivity index is 1.87. The van der Waals surface area contributed by atoms with Crippen molar-refractivity contribution in [3.63, 3.8) is 0 Å². The molecule has 2 aromatic rings. The Hall–Kier alpha value is -2.08. The number of anilines is 2. The summed E-state index contributed by atoms with van der Waals surface area (Å²) < 4.78 is 2.01. The Kier molecular flexibility index (Phi) is 3.56. The first kappa shape index (κ1) is 11.4. The molecule has 2 aromatic heterocycles. The van der Waals surface area contributed by atoms with Gasteiger partial charge in [-0.1, -0.05) is 0 Å². The summed E-state index contributed by atoms with van der Waals surface area (Å²) in [6.07, 6.45) is 6.33. The molecule has 0 unspecified atom stereocenters. The zero-order valence-corrected chi connectivity index (χ0v) is 9.72. The minimum absolute atomic E-state index is 0.645. The van der Waals surface area contributed by atoms with Gasteiger partial charge in [0, 0.05) is 50.4 Å². The highest BCUT2D eigenvalue weighted by molar-refractivity contribution is 5.51. The highest BCUT2D eigenvalue weighted by Crippen LogP contribution is 2.10. The molecule has 0 saturated carbocycles. The normalized spacial score (nSPS) is 10.2. The number of aromatic nitrogens is 3. The number of hydrazine groups is 1.